The minimum atomic E-state index is -0.889. The molecule has 1 atom stereocenters. The van der Waals surface area contributed by atoms with E-state index < -0.39 is 5.97 Å². The number of pyridine rings is 1. The number of aliphatic carboxylic acids is 1. The van der Waals surface area contributed by atoms with Crippen molar-refractivity contribution in [3.63, 3.8) is 0 Å². The van der Waals surface area contributed by atoms with Crippen LogP contribution in [0.25, 0.3) is 11.5 Å². The second kappa shape index (κ2) is 5.88. The second-order valence-corrected chi connectivity index (χ2v) is 6.70. The monoisotopic (exact) mass is 353 g/mol. The van der Waals surface area contributed by atoms with E-state index in [-0.39, 0.29) is 17.9 Å². The van der Waals surface area contributed by atoms with Gasteiger partial charge in [-0.2, -0.15) is 0 Å². The SMILES string of the molecule is CC(C)(C)C(CC(=O)O)n1nnnc1-c1ccc(Br)cn1. The van der Waals surface area contributed by atoms with Crippen molar-refractivity contribution in [2.45, 2.75) is 33.2 Å². The van der Waals surface area contributed by atoms with Crippen molar-refractivity contribution >= 4 is 21.9 Å². The number of carbonyl (C=O) groups is 1. The van der Waals surface area contributed by atoms with Gasteiger partial charge in [-0.05, 0) is 43.9 Å². The van der Waals surface area contributed by atoms with Crippen molar-refractivity contribution in [3.8, 4) is 11.5 Å². The Hall–Kier alpha value is -1.83. The molecule has 21 heavy (non-hydrogen) atoms. The van der Waals surface area contributed by atoms with E-state index in [2.05, 4.69) is 36.4 Å². The molecule has 0 aromatic carbocycles. The van der Waals surface area contributed by atoms with Gasteiger partial charge in [-0.15, -0.1) is 5.10 Å². The van der Waals surface area contributed by atoms with Crippen LogP contribution in [0.15, 0.2) is 22.8 Å². The second-order valence-electron chi connectivity index (χ2n) is 5.79. The molecule has 0 fully saturated rings. The van der Waals surface area contributed by atoms with Gasteiger partial charge in [-0.25, -0.2) is 4.68 Å². The molecule has 0 spiro atoms. The van der Waals surface area contributed by atoms with Crippen LogP contribution in [0.2, 0.25) is 0 Å². The number of rotatable bonds is 4. The lowest BCUT2D eigenvalue weighted by atomic mass is 9.84. The van der Waals surface area contributed by atoms with Gasteiger partial charge in [0.2, 0.25) is 5.82 Å². The topological polar surface area (TPSA) is 93.8 Å². The molecule has 0 aliphatic rings. The molecule has 0 bridgehead atoms. The minimum Gasteiger partial charge on any atom is -0.481 e. The van der Waals surface area contributed by atoms with Crippen LogP contribution in [0.3, 0.4) is 0 Å². The van der Waals surface area contributed by atoms with Gasteiger partial charge in [0.15, 0.2) is 0 Å². The highest BCUT2D eigenvalue weighted by atomic mass is 79.9. The van der Waals surface area contributed by atoms with E-state index in [0.717, 1.165) is 4.47 Å². The molecule has 0 radical (unpaired) electrons. The Kier molecular flexibility index (Phi) is 4.36. The number of tetrazole rings is 1. The Morgan fingerprint density at radius 1 is 1.43 bits per heavy atom. The average molecular weight is 354 g/mol. The Morgan fingerprint density at radius 2 is 2.14 bits per heavy atom. The molecule has 8 heteroatoms. The van der Waals surface area contributed by atoms with Gasteiger partial charge >= 0.3 is 5.97 Å². The summed E-state index contributed by atoms with van der Waals surface area (Å²) in [5.74, 6) is -0.427. The minimum absolute atomic E-state index is 0.0575. The van der Waals surface area contributed by atoms with Gasteiger partial charge in [-0.3, -0.25) is 9.78 Å². The normalized spacial score (nSPS) is 13.1. The first-order valence-electron chi connectivity index (χ1n) is 6.40. The number of aromatic nitrogens is 5. The smallest absolute Gasteiger partial charge is 0.305 e. The molecule has 0 saturated heterocycles. The van der Waals surface area contributed by atoms with Crippen LogP contribution < -0.4 is 0 Å². The molecule has 0 amide bonds. The molecule has 0 aliphatic carbocycles. The van der Waals surface area contributed by atoms with Gasteiger partial charge in [0.1, 0.15) is 5.69 Å². The van der Waals surface area contributed by atoms with Crippen molar-refractivity contribution in [2.24, 2.45) is 5.41 Å². The lowest BCUT2D eigenvalue weighted by Gasteiger charge is -2.29. The summed E-state index contributed by atoms with van der Waals surface area (Å²) >= 11 is 3.32. The Labute approximate surface area is 130 Å². The number of hydrogen-bond donors (Lipinski definition) is 1. The fraction of sp³-hybridized carbons (Fsp3) is 0.462. The van der Waals surface area contributed by atoms with Crippen LogP contribution in [0, 0.1) is 5.41 Å². The molecule has 1 N–H and O–H groups in total. The molecule has 112 valence electrons. The summed E-state index contributed by atoms with van der Waals surface area (Å²) in [4.78, 5) is 15.4. The fourth-order valence-electron chi connectivity index (χ4n) is 2.01. The van der Waals surface area contributed by atoms with E-state index >= 15 is 0 Å². The highest BCUT2D eigenvalue weighted by Crippen LogP contribution is 2.34. The van der Waals surface area contributed by atoms with Crippen molar-refractivity contribution in [1.29, 1.82) is 0 Å². The van der Waals surface area contributed by atoms with E-state index in [4.69, 9.17) is 5.11 Å². The van der Waals surface area contributed by atoms with E-state index in [1.54, 1.807) is 16.9 Å². The summed E-state index contributed by atoms with van der Waals surface area (Å²) in [5, 5.41) is 20.8. The summed E-state index contributed by atoms with van der Waals surface area (Å²) in [6.45, 7) is 5.88. The number of carboxylic acids is 1. The van der Waals surface area contributed by atoms with Crippen LogP contribution in [-0.2, 0) is 4.79 Å². The third-order valence-electron chi connectivity index (χ3n) is 3.11. The number of hydrogen-bond acceptors (Lipinski definition) is 5. The quantitative estimate of drug-likeness (QED) is 0.907. The zero-order valence-electron chi connectivity index (χ0n) is 12.0. The van der Waals surface area contributed by atoms with Crippen molar-refractivity contribution in [3.05, 3.63) is 22.8 Å². The first-order chi connectivity index (χ1) is 9.79. The van der Waals surface area contributed by atoms with E-state index in [0.29, 0.717) is 11.5 Å². The zero-order valence-corrected chi connectivity index (χ0v) is 13.6. The Morgan fingerprint density at radius 3 is 2.67 bits per heavy atom. The molecule has 2 aromatic rings. The van der Waals surface area contributed by atoms with E-state index in [9.17, 15) is 4.79 Å². The predicted molar refractivity (Wildman–Crippen MR) is 79.5 cm³/mol. The van der Waals surface area contributed by atoms with Crippen LogP contribution in [0.5, 0.6) is 0 Å². The van der Waals surface area contributed by atoms with Gasteiger partial charge in [0.05, 0.1) is 12.5 Å². The number of carboxylic acid groups (broad SMARTS) is 1. The lowest BCUT2D eigenvalue weighted by Crippen LogP contribution is -2.28. The summed E-state index contributed by atoms with van der Waals surface area (Å²) in [6, 6.07) is 3.25. The van der Waals surface area contributed by atoms with E-state index in [1.807, 2.05) is 26.8 Å². The first kappa shape index (κ1) is 15.6. The summed E-state index contributed by atoms with van der Waals surface area (Å²) in [5.41, 5.74) is 0.292. The molecular formula is C13H16BrN5O2. The summed E-state index contributed by atoms with van der Waals surface area (Å²) in [7, 11) is 0. The third-order valence-corrected chi connectivity index (χ3v) is 3.58. The average Bonchev–Trinajstić information content (AvgIpc) is 2.84. The highest BCUT2D eigenvalue weighted by Gasteiger charge is 2.32. The first-order valence-corrected chi connectivity index (χ1v) is 7.20. The molecule has 7 nitrogen and oxygen atoms in total. The van der Waals surface area contributed by atoms with Crippen molar-refractivity contribution < 1.29 is 9.90 Å². The van der Waals surface area contributed by atoms with Crippen LogP contribution in [-0.4, -0.2) is 36.3 Å². The Balaban J connectivity index is 2.46. The van der Waals surface area contributed by atoms with Gasteiger partial charge in [0.25, 0.3) is 0 Å². The molecular weight excluding hydrogens is 338 g/mol. The van der Waals surface area contributed by atoms with Crippen molar-refractivity contribution in [2.75, 3.05) is 0 Å². The summed E-state index contributed by atoms with van der Waals surface area (Å²) < 4.78 is 2.40. The number of halogens is 1. The standard InChI is InChI=1S/C13H16BrN5O2/c1-13(2,3)10(6-11(20)21)19-12(16-17-18-19)9-5-4-8(14)7-15-9/h4-5,7,10H,6H2,1-3H3,(H,20,21). The maximum absolute atomic E-state index is 11.1. The maximum Gasteiger partial charge on any atom is 0.305 e. The molecule has 1 unspecified atom stereocenters. The third kappa shape index (κ3) is 3.63. The fourth-order valence-corrected chi connectivity index (χ4v) is 2.24. The van der Waals surface area contributed by atoms with Gasteiger partial charge < -0.3 is 5.11 Å². The van der Waals surface area contributed by atoms with Crippen LogP contribution in [0.1, 0.15) is 33.2 Å². The molecule has 2 aromatic heterocycles. The highest BCUT2D eigenvalue weighted by molar-refractivity contribution is 9.10. The molecule has 2 rings (SSSR count). The predicted octanol–water partition coefficient (Wildman–Crippen LogP) is 2.56. The maximum atomic E-state index is 11.1. The van der Waals surface area contributed by atoms with Gasteiger partial charge in [0, 0.05) is 10.7 Å². The molecule has 2 heterocycles. The van der Waals surface area contributed by atoms with Crippen molar-refractivity contribution in [1.82, 2.24) is 25.2 Å². The summed E-state index contributed by atoms with van der Waals surface area (Å²) in [6.07, 6.45) is 1.59. The van der Waals surface area contributed by atoms with Gasteiger partial charge in [-0.1, -0.05) is 20.8 Å². The zero-order chi connectivity index (χ0) is 15.6. The largest absolute Gasteiger partial charge is 0.481 e. The lowest BCUT2D eigenvalue weighted by molar-refractivity contribution is -0.138. The number of nitrogens with zero attached hydrogens (tertiary/aromatic N) is 5. The van der Waals surface area contributed by atoms with Crippen LogP contribution in [0.4, 0.5) is 0 Å². The molecule has 0 saturated carbocycles. The van der Waals surface area contributed by atoms with E-state index in [1.165, 1.54) is 0 Å². The van der Waals surface area contributed by atoms with Crippen LogP contribution >= 0.6 is 15.9 Å². The molecule has 0 aliphatic heterocycles. The Bertz CT molecular complexity index is 633.